The number of aryl methyl sites for hydroxylation is 1. The first-order valence-electron chi connectivity index (χ1n) is 9.12. The lowest BCUT2D eigenvalue weighted by molar-refractivity contribution is -0.121. The van der Waals surface area contributed by atoms with Crippen molar-refractivity contribution >= 4 is 11.4 Å². The first-order valence-corrected chi connectivity index (χ1v) is 9.12. The van der Waals surface area contributed by atoms with Gasteiger partial charge in [0.15, 0.2) is 0 Å². The first-order chi connectivity index (χ1) is 12.1. The van der Waals surface area contributed by atoms with Crippen LogP contribution in [0.3, 0.4) is 0 Å². The molecule has 1 saturated heterocycles. The molecule has 0 radical (unpaired) electrons. The average Bonchev–Trinajstić information content (AvgIpc) is 3.08. The summed E-state index contributed by atoms with van der Waals surface area (Å²) in [5.41, 5.74) is 0.298. The maximum atomic E-state index is 12.3. The van der Waals surface area contributed by atoms with Crippen molar-refractivity contribution < 1.29 is 4.79 Å². The Labute approximate surface area is 147 Å². The van der Waals surface area contributed by atoms with Crippen LogP contribution < -0.4 is 10.9 Å². The Morgan fingerprint density at radius 1 is 1.40 bits per heavy atom. The van der Waals surface area contributed by atoms with Crippen molar-refractivity contribution in [3.05, 3.63) is 34.5 Å². The number of hydrogen-bond acceptors (Lipinski definition) is 4. The van der Waals surface area contributed by atoms with Crippen molar-refractivity contribution in [2.24, 2.45) is 0 Å². The predicted octanol–water partition coefficient (Wildman–Crippen LogP) is 1.19. The fourth-order valence-corrected chi connectivity index (χ4v) is 3.54. The predicted molar refractivity (Wildman–Crippen MR) is 96.7 cm³/mol. The van der Waals surface area contributed by atoms with Crippen molar-refractivity contribution in [1.29, 1.82) is 0 Å². The third-order valence-corrected chi connectivity index (χ3v) is 4.99. The SMILES string of the molecule is Cc1nn(CC(=O)NCCCN2CCCC[C@H]2C)c(=O)c2cccn12. The van der Waals surface area contributed by atoms with Crippen LogP contribution in [0.4, 0.5) is 0 Å². The molecule has 136 valence electrons. The summed E-state index contributed by atoms with van der Waals surface area (Å²) in [5.74, 6) is 0.517. The molecule has 0 saturated carbocycles. The third-order valence-electron chi connectivity index (χ3n) is 4.99. The van der Waals surface area contributed by atoms with Crippen LogP contribution in [0.15, 0.2) is 23.1 Å². The summed E-state index contributed by atoms with van der Waals surface area (Å²) in [6, 6.07) is 4.19. The van der Waals surface area contributed by atoms with Crippen LogP contribution in [-0.4, -0.2) is 50.7 Å². The van der Waals surface area contributed by atoms with Crippen LogP contribution in [-0.2, 0) is 11.3 Å². The molecule has 3 rings (SSSR count). The maximum absolute atomic E-state index is 12.3. The molecular weight excluding hydrogens is 318 g/mol. The van der Waals surface area contributed by atoms with Crippen molar-refractivity contribution in [1.82, 2.24) is 24.4 Å². The highest BCUT2D eigenvalue weighted by molar-refractivity contribution is 5.75. The van der Waals surface area contributed by atoms with Gasteiger partial charge in [-0.3, -0.25) is 14.0 Å². The van der Waals surface area contributed by atoms with Crippen molar-refractivity contribution in [3.8, 4) is 0 Å². The van der Waals surface area contributed by atoms with Crippen LogP contribution >= 0.6 is 0 Å². The molecule has 2 aromatic heterocycles. The fourth-order valence-electron chi connectivity index (χ4n) is 3.54. The molecule has 7 heteroatoms. The zero-order valence-electron chi connectivity index (χ0n) is 15.1. The second-order valence-electron chi connectivity index (χ2n) is 6.86. The number of amides is 1. The van der Waals surface area contributed by atoms with Crippen LogP contribution in [0.5, 0.6) is 0 Å². The molecule has 1 amide bonds. The highest BCUT2D eigenvalue weighted by atomic mass is 16.2. The largest absolute Gasteiger partial charge is 0.354 e. The highest BCUT2D eigenvalue weighted by Gasteiger charge is 2.17. The quantitative estimate of drug-likeness (QED) is 0.798. The van der Waals surface area contributed by atoms with Gasteiger partial charge in [-0.1, -0.05) is 6.42 Å². The number of carbonyl (C=O) groups excluding carboxylic acids is 1. The Kier molecular flexibility index (Phi) is 5.53. The van der Waals surface area contributed by atoms with E-state index in [1.165, 1.54) is 23.9 Å². The summed E-state index contributed by atoms with van der Waals surface area (Å²) in [7, 11) is 0. The standard InChI is InChI=1S/C18H27N5O2/c1-14-7-3-4-10-21(14)11-6-9-19-17(24)13-23-18(25)16-8-5-12-22(16)15(2)20-23/h5,8,12,14H,3-4,6-7,9-11,13H2,1-2H3,(H,19,24)/t14-/m1/s1. The molecule has 1 N–H and O–H groups in total. The van der Waals surface area contributed by atoms with Gasteiger partial charge in [-0.05, 0) is 51.8 Å². The lowest BCUT2D eigenvalue weighted by atomic mass is 10.0. The molecule has 0 aliphatic carbocycles. The summed E-state index contributed by atoms with van der Waals surface area (Å²) in [6.07, 6.45) is 6.58. The molecule has 1 fully saturated rings. The molecule has 1 aliphatic heterocycles. The van der Waals surface area contributed by atoms with Gasteiger partial charge in [0.2, 0.25) is 5.91 Å². The molecule has 25 heavy (non-hydrogen) atoms. The second-order valence-corrected chi connectivity index (χ2v) is 6.86. The van der Waals surface area contributed by atoms with Crippen molar-refractivity contribution in [2.75, 3.05) is 19.6 Å². The third kappa shape index (κ3) is 4.10. The zero-order valence-corrected chi connectivity index (χ0v) is 15.1. The lowest BCUT2D eigenvalue weighted by Crippen LogP contribution is -2.40. The number of fused-ring (bicyclic) bond motifs is 1. The smallest absolute Gasteiger partial charge is 0.291 e. The number of hydrogen-bond donors (Lipinski definition) is 1. The summed E-state index contributed by atoms with van der Waals surface area (Å²) in [5, 5.41) is 7.12. The van der Waals surface area contributed by atoms with E-state index in [9.17, 15) is 9.59 Å². The topological polar surface area (TPSA) is 71.6 Å². The van der Waals surface area contributed by atoms with E-state index in [4.69, 9.17) is 0 Å². The van der Waals surface area contributed by atoms with E-state index in [1.807, 2.05) is 6.92 Å². The minimum atomic E-state index is -0.243. The molecule has 2 aromatic rings. The van der Waals surface area contributed by atoms with Crippen LogP contribution in [0, 0.1) is 6.92 Å². The van der Waals surface area contributed by atoms with Gasteiger partial charge in [0, 0.05) is 25.3 Å². The number of piperidine rings is 1. The maximum Gasteiger partial charge on any atom is 0.291 e. The Bertz CT molecular complexity index is 794. The van der Waals surface area contributed by atoms with E-state index in [-0.39, 0.29) is 18.0 Å². The van der Waals surface area contributed by atoms with E-state index in [2.05, 4.69) is 22.2 Å². The Hall–Kier alpha value is -2.15. The molecule has 1 aliphatic rings. The minimum absolute atomic E-state index is 0.0402. The average molecular weight is 345 g/mol. The highest BCUT2D eigenvalue weighted by Crippen LogP contribution is 2.15. The van der Waals surface area contributed by atoms with Gasteiger partial charge in [-0.25, -0.2) is 4.68 Å². The molecule has 0 aromatic carbocycles. The summed E-state index contributed by atoms with van der Waals surface area (Å²) in [4.78, 5) is 27.0. The van der Waals surface area contributed by atoms with Crippen LogP contribution in [0.1, 0.15) is 38.4 Å². The van der Waals surface area contributed by atoms with E-state index in [0.717, 1.165) is 19.5 Å². The molecule has 0 unspecified atom stereocenters. The molecule has 1 atom stereocenters. The van der Waals surface area contributed by atoms with Crippen molar-refractivity contribution in [3.63, 3.8) is 0 Å². The molecule has 3 heterocycles. The van der Waals surface area contributed by atoms with E-state index >= 15 is 0 Å². The number of nitrogens with zero attached hydrogens (tertiary/aromatic N) is 4. The molecule has 0 bridgehead atoms. The van der Waals surface area contributed by atoms with Gasteiger partial charge >= 0.3 is 0 Å². The number of rotatable bonds is 6. The number of carbonyl (C=O) groups is 1. The molecule has 7 nitrogen and oxygen atoms in total. The fraction of sp³-hybridized carbons (Fsp3) is 0.611. The Morgan fingerprint density at radius 2 is 2.24 bits per heavy atom. The normalized spacial score (nSPS) is 18.6. The van der Waals surface area contributed by atoms with E-state index in [0.29, 0.717) is 23.9 Å². The number of likely N-dealkylation sites (tertiary alicyclic amines) is 1. The molecule has 0 spiro atoms. The van der Waals surface area contributed by atoms with Gasteiger partial charge in [0.25, 0.3) is 5.56 Å². The molecular formula is C18H27N5O2. The van der Waals surface area contributed by atoms with Crippen LogP contribution in [0.25, 0.3) is 5.52 Å². The minimum Gasteiger partial charge on any atom is -0.354 e. The second kappa shape index (κ2) is 7.82. The summed E-state index contributed by atoms with van der Waals surface area (Å²) < 4.78 is 2.98. The van der Waals surface area contributed by atoms with Crippen LogP contribution in [0.2, 0.25) is 0 Å². The van der Waals surface area contributed by atoms with E-state index in [1.54, 1.807) is 22.7 Å². The number of nitrogens with one attached hydrogen (secondary N) is 1. The summed E-state index contributed by atoms with van der Waals surface area (Å²) >= 11 is 0. The number of aromatic nitrogens is 3. The van der Waals surface area contributed by atoms with E-state index < -0.39 is 0 Å². The first kappa shape index (κ1) is 17.7. The lowest BCUT2D eigenvalue weighted by Gasteiger charge is -2.33. The van der Waals surface area contributed by atoms with Gasteiger partial charge in [0.1, 0.15) is 17.9 Å². The van der Waals surface area contributed by atoms with Gasteiger partial charge in [-0.2, -0.15) is 5.10 Å². The van der Waals surface area contributed by atoms with Gasteiger partial charge in [-0.15, -0.1) is 0 Å². The van der Waals surface area contributed by atoms with Gasteiger partial charge in [0.05, 0.1) is 0 Å². The van der Waals surface area contributed by atoms with Gasteiger partial charge < -0.3 is 10.2 Å². The Balaban J connectivity index is 1.49. The summed E-state index contributed by atoms with van der Waals surface area (Å²) in [6.45, 7) is 6.85. The monoisotopic (exact) mass is 345 g/mol. The van der Waals surface area contributed by atoms with Crippen molar-refractivity contribution in [2.45, 2.75) is 52.1 Å². The zero-order chi connectivity index (χ0) is 17.8. The Morgan fingerprint density at radius 3 is 3.04 bits per heavy atom.